The van der Waals surface area contributed by atoms with E-state index in [1.807, 2.05) is 0 Å². The van der Waals surface area contributed by atoms with Crippen molar-refractivity contribution in [2.75, 3.05) is 0 Å². The molecule has 0 fully saturated rings. The maximum atomic E-state index is 8.66. The minimum atomic E-state index is -5.14. The summed E-state index contributed by atoms with van der Waals surface area (Å²) in [5.74, 6) is 0. The SMILES string of the molecule is O=P([O-])([O-])O.[K+].[K+].[Na+].[OH-]. The molecule has 0 aliphatic carbocycles. The average Bonchev–Trinajstić information content (AvgIpc) is 0.722. The van der Waals surface area contributed by atoms with Crippen LogP contribution in [0.2, 0.25) is 0 Å². The first kappa shape index (κ1) is 29.2. The maximum Gasteiger partial charge on any atom is 1.00 e. The molecule has 0 amide bonds. The molecular formula is H2K2NaO5P. The molecule has 0 heterocycles. The van der Waals surface area contributed by atoms with Crippen LogP contribution < -0.4 is 142 Å². The first-order valence-electron chi connectivity index (χ1n) is 0.748. The third kappa shape index (κ3) is 70.0. The number of rotatable bonds is 0. The second-order valence-corrected chi connectivity index (χ2v) is 1.41. The van der Waals surface area contributed by atoms with Crippen molar-refractivity contribution in [3.05, 3.63) is 0 Å². The Balaban J connectivity index is -0.0000000133. The predicted molar refractivity (Wildman–Crippen MR) is 11.8 cm³/mol. The average molecular weight is 214 g/mol. The van der Waals surface area contributed by atoms with Gasteiger partial charge in [0.1, 0.15) is 0 Å². The second-order valence-electron chi connectivity index (χ2n) is 0.469. The Morgan fingerprint density at radius 2 is 1.22 bits per heavy atom. The molecule has 0 atom stereocenters. The molecule has 0 spiro atoms. The molecule has 0 aromatic carbocycles. The molecule has 9 heteroatoms. The van der Waals surface area contributed by atoms with Crippen LogP contribution in [0.15, 0.2) is 0 Å². The van der Waals surface area contributed by atoms with Crippen molar-refractivity contribution in [1.82, 2.24) is 0 Å². The van der Waals surface area contributed by atoms with Crippen molar-refractivity contribution >= 4 is 7.82 Å². The van der Waals surface area contributed by atoms with Gasteiger partial charge in [0.05, 0.1) is 7.82 Å². The van der Waals surface area contributed by atoms with Crippen molar-refractivity contribution in [3.63, 3.8) is 0 Å². The molecule has 5 nitrogen and oxygen atoms in total. The number of phosphoric acid groups is 1. The zero-order valence-electron chi connectivity index (χ0n) is 5.57. The van der Waals surface area contributed by atoms with E-state index in [9.17, 15) is 0 Å². The van der Waals surface area contributed by atoms with Crippen LogP contribution in [-0.4, -0.2) is 10.4 Å². The fraction of sp³-hybridized carbons (Fsp3) is 0. The van der Waals surface area contributed by atoms with Crippen molar-refractivity contribution in [2.24, 2.45) is 0 Å². The summed E-state index contributed by atoms with van der Waals surface area (Å²) >= 11 is 0. The van der Waals surface area contributed by atoms with Crippen molar-refractivity contribution < 1.29 is 157 Å². The van der Waals surface area contributed by atoms with E-state index in [1.165, 1.54) is 0 Å². The molecule has 0 aromatic heterocycles. The molecule has 0 rings (SSSR count). The van der Waals surface area contributed by atoms with Gasteiger partial charge in [-0.25, -0.2) is 0 Å². The van der Waals surface area contributed by atoms with Gasteiger partial charge >= 0.3 is 132 Å². The summed E-state index contributed by atoms with van der Waals surface area (Å²) in [5.41, 5.74) is 0. The summed E-state index contributed by atoms with van der Waals surface area (Å²) in [6.45, 7) is 0. The molecule has 0 bridgehead atoms. The van der Waals surface area contributed by atoms with Gasteiger partial charge in [-0.1, -0.05) is 0 Å². The summed E-state index contributed by atoms with van der Waals surface area (Å²) in [7, 11) is -5.14. The van der Waals surface area contributed by atoms with E-state index >= 15 is 0 Å². The Morgan fingerprint density at radius 1 is 1.22 bits per heavy atom. The Hall–Kier alpha value is 4.34. The van der Waals surface area contributed by atoms with Gasteiger partial charge in [0, 0.05) is 0 Å². The predicted octanol–water partition coefficient (Wildman–Crippen LogP) is -11.4. The van der Waals surface area contributed by atoms with E-state index in [4.69, 9.17) is 19.2 Å². The minimum absolute atomic E-state index is 0. The van der Waals surface area contributed by atoms with Crippen LogP contribution in [0.1, 0.15) is 0 Å². The van der Waals surface area contributed by atoms with Gasteiger partial charge in [-0.3, -0.25) is 0 Å². The summed E-state index contributed by atoms with van der Waals surface area (Å²) < 4.78 is 8.66. The third-order valence-corrected chi connectivity index (χ3v) is 0. The van der Waals surface area contributed by atoms with Crippen molar-refractivity contribution in [1.29, 1.82) is 0 Å². The number of hydrogen-bond acceptors (Lipinski definition) is 4. The third-order valence-electron chi connectivity index (χ3n) is 0. The molecule has 0 aliphatic rings. The zero-order chi connectivity index (χ0) is 4.50. The van der Waals surface area contributed by atoms with Crippen LogP contribution >= 0.6 is 7.82 Å². The van der Waals surface area contributed by atoms with Crippen LogP contribution in [0.5, 0.6) is 0 Å². The minimum Gasteiger partial charge on any atom is -0.870 e. The summed E-state index contributed by atoms with van der Waals surface area (Å²) in [5, 5.41) is 0. The molecule has 0 saturated carbocycles. The van der Waals surface area contributed by atoms with Gasteiger partial charge in [0.15, 0.2) is 0 Å². The quantitative estimate of drug-likeness (QED) is 0.317. The van der Waals surface area contributed by atoms with Crippen LogP contribution in [0.4, 0.5) is 0 Å². The molecular weight excluding hydrogens is 212 g/mol. The molecule has 0 saturated heterocycles. The van der Waals surface area contributed by atoms with E-state index in [0.717, 1.165) is 0 Å². The van der Waals surface area contributed by atoms with E-state index in [1.54, 1.807) is 0 Å². The van der Waals surface area contributed by atoms with Gasteiger partial charge in [-0.2, -0.15) is 0 Å². The molecule has 40 valence electrons. The Bertz CT molecular complexity index is 61.1. The number of hydrogen-bond donors (Lipinski definition) is 1. The van der Waals surface area contributed by atoms with E-state index in [0.29, 0.717) is 0 Å². The van der Waals surface area contributed by atoms with Crippen LogP contribution in [0.3, 0.4) is 0 Å². The fourth-order valence-electron chi connectivity index (χ4n) is 0. The fourth-order valence-corrected chi connectivity index (χ4v) is 0. The normalized spacial score (nSPS) is 6.56. The van der Waals surface area contributed by atoms with E-state index in [-0.39, 0.29) is 138 Å². The topological polar surface area (TPSA) is 113 Å². The Morgan fingerprint density at radius 3 is 1.22 bits per heavy atom. The van der Waals surface area contributed by atoms with Crippen LogP contribution in [0, 0.1) is 0 Å². The molecule has 9 heavy (non-hydrogen) atoms. The van der Waals surface area contributed by atoms with Gasteiger partial charge in [-0.15, -0.1) is 0 Å². The maximum absolute atomic E-state index is 8.66. The Labute approximate surface area is 160 Å². The summed E-state index contributed by atoms with van der Waals surface area (Å²) in [4.78, 5) is 24.3. The van der Waals surface area contributed by atoms with Crippen LogP contribution in [0.25, 0.3) is 0 Å². The zero-order valence-corrected chi connectivity index (χ0v) is 14.7. The molecule has 2 N–H and O–H groups in total. The van der Waals surface area contributed by atoms with Gasteiger partial charge in [0.2, 0.25) is 0 Å². The standard InChI is InChI=1S/2K.Na.H3O4P.H2O/c;;;1-5(2,3)4;/h;;;(H3,1,2,3,4);1H2/q3*+1;;/p-3. The molecule has 0 radical (unpaired) electrons. The van der Waals surface area contributed by atoms with Gasteiger partial charge in [0.25, 0.3) is 0 Å². The largest absolute Gasteiger partial charge is 1.00 e. The van der Waals surface area contributed by atoms with E-state index in [2.05, 4.69) is 0 Å². The van der Waals surface area contributed by atoms with Gasteiger partial charge in [-0.05, 0) is 0 Å². The first-order valence-corrected chi connectivity index (χ1v) is 2.24. The van der Waals surface area contributed by atoms with E-state index < -0.39 is 7.82 Å². The monoisotopic (exact) mass is 214 g/mol. The van der Waals surface area contributed by atoms with Crippen molar-refractivity contribution in [2.45, 2.75) is 0 Å². The second kappa shape index (κ2) is 14.8. The van der Waals surface area contributed by atoms with Crippen molar-refractivity contribution in [3.8, 4) is 0 Å². The Kier molecular flexibility index (Phi) is 48.2. The van der Waals surface area contributed by atoms with Crippen LogP contribution in [-0.2, 0) is 4.57 Å². The molecule has 0 aromatic rings. The molecule has 0 aliphatic heterocycles. The summed E-state index contributed by atoms with van der Waals surface area (Å²) in [6.07, 6.45) is 0. The summed E-state index contributed by atoms with van der Waals surface area (Å²) in [6, 6.07) is 0. The smallest absolute Gasteiger partial charge is 0.870 e. The first-order chi connectivity index (χ1) is 2.00. The molecule has 0 unspecified atom stereocenters. The van der Waals surface area contributed by atoms with Gasteiger partial charge < -0.3 is 24.7 Å².